The largest absolute Gasteiger partial charge is 0.376 e. The number of sulfonamides is 1. The molecule has 1 aromatic heterocycles. The van der Waals surface area contributed by atoms with Crippen LogP contribution in [0.3, 0.4) is 0 Å². The number of aromatic amines is 1. The number of aromatic nitrogens is 2. The van der Waals surface area contributed by atoms with Gasteiger partial charge in [-0.3, -0.25) is 5.10 Å². The molecule has 3 heterocycles. The molecular formula is C16H19N3O3S. The fraction of sp³-hybridized carbons (Fsp3) is 0.438. The maximum absolute atomic E-state index is 13.0. The maximum atomic E-state index is 13.0. The highest BCUT2D eigenvalue weighted by molar-refractivity contribution is 7.89. The SMILES string of the molecule is O=S(=O)(c1ccccc1)N1CCCC1c1n[nH]c2c1COCC2. The monoisotopic (exact) mass is 333 g/mol. The number of nitrogens with zero attached hydrogens (tertiary/aromatic N) is 2. The molecule has 1 atom stereocenters. The Kier molecular flexibility index (Phi) is 3.71. The molecule has 0 aliphatic carbocycles. The van der Waals surface area contributed by atoms with Gasteiger partial charge in [0.15, 0.2) is 0 Å². The summed E-state index contributed by atoms with van der Waals surface area (Å²) < 4.78 is 33.1. The molecular weight excluding hydrogens is 314 g/mol. The van der Waals surface area contributed by atoms with Gasteiger partial charge in [-0.25, -0.2) is 8.42 Å². The predicted molar refractivity (Wildman–Crippen MR) is 84.3 cm³/mol. The van der Waals surface area contributed by atoms with Crippen molar-refractivity contribution in [1.29, 1.82) is 0 Å². The Hall–Kier alpha value is -1.70. The Balaban J connectivity index is 1.71. The first-order chi connectivity index (χ1) is 11.2. The number of ether oxygens (including phenoxy) is 1. The van der Waals surface area contributed by atoms with Gasteiger partial charge in [0.1, 0.15) is 0 Å². The molecule has 2 aliphatic rings. The van der Waals surface area contributed by atoms with Crippen molar-refractivity contribution >= 4 is 10.0 Å². The Morgan fingerprint density at radius 2 is 2.09 bits per heavy atom. The van der Waals surface area contributed by atoms with Crippen LogP contribution in [0.15, 0.2) is 35.2 Å². The lowest BCUT2D eigenvalue weighted by molar-refractivity contribution is 0.109. The third-order valence-corrected chi connectivity index (χ3v) is 6.52. The molecule has 23 heavy (non-hydrogen) atoms. The van der Waals surface area contributed by atoms with Crippen LogP contribution in [-0.4, -0.2) is 36.1 Å². The highest BCUT2D eigenvalue weighted by Gasteiger charge is 2.39. The molecule has 7 heteroatoms. The molecule has 122 valence electrons. The van der Waals surface area contributed by atoms with Crippen molar-refractivity contribution in [3.05, 3.63) is 47.3 Å². The molecule has 2 aliphatic heterocycles. The summed E-state index contributed by atoms with van der Waals surface area (Å²) in [5, 5.41) is 7.49. The van der Waals surface area contributed by atoms with Gasteiger partial charge in [-0.15, -0.1) is 0 Å². The average Bonchev–Trinajstić information content (AvgIpc) is 3.22. The Morgan fingerprint density at radius 1 is 1.26 bits per heavy atom. The second kappa shape index (κ2) is 5.74. The normalized spacial score (nSPS) is 22.2. The Morgan fingerprint density at radius 3 is 2.91 bits per heavy atom. The van der Waals surface area contributed by atoms with Crippen molar-refractivity contribution in [1.82, 2.24) is 14.5 Å². The van der Waals surface area contributed by atoms with Crippen LogP contribution < -0.4 is 0 Å². The summed E-state index contributed by atoms with van der Waals surface area (Å²) in [7, 11) is -3.50. The minimum Gasteiger partial charge on any atom is -0.376 e. The first-order valence-corrected chi connectivity index (χ1v) is 9.32. The van der Waals surface area contributed by atoms with Gasteiger partial charge in [0, 0.05) is 24.2 Å². The summed E-state index contributed by atoms with van der Waals surface area (Å²) in [6.45, 7) is 1.73. The molecule has 2 aromatic rings. The van der Waals surface area contributed by atoms with E-state index in [4.69, 9.17) is 4.74 Å². The average molecular weight is 333 g/mol. The van der Waals surface area contributed by atoms with Gasteiger partial charge in [0.25, 0.3) is 0 Å². The van der Waals surface area contributed by atoms with Gasteiger partial charge in [0.2, 0.25) is 10.0 Å². The van der Waals surface area contributed by atoms with E-state index in [0.29, 0.717) is 24.7 Å². The van der Waals surface area contributed by atoms with E-state index in [1.165, 1.54) is 0 Å². The third kappa shape index (κ3) is 2.49. The zero-order valence-electron chi connectivity index (χ0n) is 12.7. The van der Waals surface area contributed by atoms with E-state index in [-0.39, 0.29) is 6.04 Å². The summed E-state index contributed by atoms with van der Waals surface area (Å²) >= 11 is 0. The molecule has 1 aromatic carbocycles. The topological polar surface area (TPSA) is 75.3 Å². The molecule has 0 saturated carbocycles. The quantitative estimate of drug-likeness (QED) is 0.932. The van der Waals surface area contributed by atoms with E-state index in [9.17, 15) is 8.42 Å². The lowest BCUT2D eigenvalue weighted by Gasteiger charge is -2.24. The fourth-order valence-corrected chi connectivity index (χ4v) is 5.12. The number of fused-ring (bicyclic) bond motifs is 1. The Labute approximate surface area is 135 Å². The maximum Gasteiger partial charge on any atom is 0.243 e. The van der Waals surface area contributed by atoms with Gasteiger partial charge in [0.05, 0.1) is 29.8 Å². The lowest BCUT2D eigenvalue weighted by Crippen LogP contribution is -2.31. The van der Waals surface area contributed by atoms with E-state index in [1.54, 1.807) is 28.6 Å². The molecule has 4 rings (SSSR count). The summed E-state index contributed by atoms with van der Waals surface area (Å²) in [5.41, 5.74) is 2.95. The molecule has 1 fully saturated rings. The van der Waals surface area contributed by atoms with Crippen molar-refractivity contribution in [3.63, 3.8) is 0 Å². The zero-order chi connectivity index (χ0) is 15.9. The van der Waals surface area contributed by atoms with Crippen molar-refractivity contribution in [2.75, 3.05) is 13.2 Å². The number of nitrogens with one attached hydrogen (secondary N) is 1. The number of hydrogen-bond donors (Lipinski definition) is 1. The van der Waals surface area contributed by atoms with Gasteiger partial charge in [-0.2, -0.15) is 9.40 Å². The molecule has 1 saturated heterocycles. The molecule has 1 unspecified atom stereocenters. The van der Waals surface area contributed by atoms with Crippen LogP contribution in [0.25, 0.3) is 0 Å². The number of hydrogen-bond acceptors (Lipinski definition) is 4. The van der Waals surface area contributed by atoms with Gasteiger partial charge < -0.3 is 4.74 Å². The standard InChI is InChI=1S/C16H19N3O3S/c20-23(21,12-5-2-1-3-6-12)19-9-4-7-15(19)16-13-11-22-10-8-14(13)17-18-16/h1-3,5-6,15H,4,7-11H2,(H,17,18). The summed E-state index contributed by atoms with van der Waals surface area (Å²) in [5.74, 6) is 0. The van der Waals surface area contributed by atoms with E-state index < -0.39 is 10.0 Å². The first-order valence-electron chi connectivity index (χ1n) is 7.88. The third-order valence-electron chi connectivity index (χ3n) is 4.60. The van der Waals surface area contributed by atoms with Crippen molar-refractivity contribution < 1.29 is 13.2 Å². The minimum absolute atomic E-state index is 0.207. The van der Waals surface area contributed by atoms with Crippen LogP contribution in [0.4, 0.5) is 0 Å². The van der Waals surface area contributed by atoms with Crippen LogP contribution in [0.1, 0.15) is 35.8 Å². The van der Waals surface area contributed by atoms with Crippen molar-refractivity contribution in [3.8, 4) is 0 Å². The predicted octanol–water partition coefficient (Wildman–Crippen LogP) is 2.01. The molecule has 6 nitrogen and oxygen atoms in total. The zero-order valence-corrected chi connectivity index (χ0v) is 13.6. The fourth-order valence-electron chi connectivity index (χ4n) is 3.44. The molecule has 1 N–H and O–H groups in total. The van der Waals surface area contributed by atoms with Gasteiger partial charge in [-0.05, 0) is 25.0 Å². The molecule has 0 bridgehead atoms. The van der Waals surface area contributed by atoms with E-state index in [0.717, 1.165) is 36.2 Å². The van der Waals surface area contributed by atoms with Crippen LogP contribution in [0.5, 0.6) is 0 Å². The number of benzene rings is 1. The van der Waals surface area contributed by atoms with E-state index in [2.05, 4.69) is 10.2 Å². The smallest absolute Gasteiger partial charge is 0.243 e. The summed E-state index contributed by atoms with van der Waals surface area (Å²) in [6.07, 6.45) is 2.45. The van der Waals surface area contributed by atoms with E-state index in [1.807, 2.05) is 6.07 Å². The highest BCUT2D eigenvalue weighted by Crippen LogP contribution is 2.38. The molecule has 0 amide bonds. The van der Waals surface area contributed by atoms with Crippen molar-refractivity contribution in [2.24, 2.45) is 0 Å². The summed E-state index contributed by atoms with van der Waals surface area (Å²) in [4.78, 5) is 0.340. The van der Waals surface area contributed by atoms with Gasteiger partial charge >= 0.3 is 0 Å². The van der Waals surface area contributed by atoms with E-state index >= 15 is 0 Å². The highest BCUT2D eigenvalue weighted by atomic mass is 32.2. The summed E-state index contributed by atoms with van der Waals surface area (Å²) in [6, 6.07) is 8.41. The van der Waals surface area contributed by atoms with Crippen LogP contribution in [0, 0.1) is 0 Å². The Bertz CT molecular complexity index is 801. The van der Waals surface area contributed by atoms with Gasteiger partial charge in [-0.1, -0.05) is 18.2 Å². The van der Waals surface area contributed by atoms with Crippen LogP contribution in [-0.2, 0) is 27.8 Å². The molecule has 0 radical (unpaired) electrons. The second-order valence-electron chi connectivity index (χ2n) is 5.96. The lowest BCUT2D eigenvalue weighted by atomic mass is 10.0. The molecule has 0 spiro atoms. The first kappa shape index (κ1) is 14.9. The van der Waals surface area contributed by atoms with Crippen molar-refractivity contribution in [2.45, 2.75) is 36.8 Å². The number of H-pyrrole nitrogens is 1. The minimum atomic E-state index is -3.50. The number of rotatable bonds is 3. The second-order valence-corrected chi connectivity index (χ2v) is 7.85. The van der Waals surface area contributed by atoms with Crippen LogP contribution >= 0.6 is 0 Å². The van der Waals surface area contributed by atoms with Crippen LogP contribution in [0.2, 0.25) is 0 Å².